The summed E-state index contributed by atoms with van der Waals surface area (Å²) >= 11 is 0. The lowest BCUT2D eigenvalue weighted by molar-refractivity contribution is 0.262. The predicted molar refractivity (Wildman–Crippen MR) is 80.4 cm³/mol. The molecule has 108 valence electrons. The minimum Gasteiger partial charge on any atom is -0.493 e. The van der Waals surface area contributed by atoms with Crippen molar-refractivity contribution in [2.45, 2.75) is 27.7 Å². The monoisotopic (exact) mass is 275 g/mol. The van der Waals surface area contributed by atoms with Gasteiger partial charge in [0, 0.05) is 22.4 Å². The number of aryl methyl sites for hydroxylation is 2. The molecular weight excluding hydrogens is 254 g/mol. The Balaban J connectivity index is 2.49. The van der Waals surface area contributed by atoms with Gasteiger partial charge in [0.2, 0.25) is 0 Å². The van der Waals surface area contributed by atoms with E-state index < -0.39 is 0 Å². The van der Waals surface area contributed by atoms with Crippen molar-refractivity contribution in [3.8, 4) is 5.75 Å². The summed E-state index contributed by atoms with van der Waals surface area (Å²) in [5, 5.41) is 0.957. The van der Waals surface area contributed by atoms with Crippen LogP contribution in [0.25, 0.3) is 11.0 Å². The molecule has 4 heteroatoms. The molecule has 0 saturated carbocycles. The van der Waals surface area contributed by atoms with Gasteiger partial charge >= 0.3 is 5.63 Å². The van der Waals surface area contributed by atoms with E-state index >= 15 is 0 Å². The second kappa shape index (κ2) is 5.67. The van der Waals surface area contributed by atoms with Crippen molar-refractivity contribution in [2.24, 2.45) is 11.7 Å². The van der Waals surface area contributed by atoms with E-state index in [9.17, 15) is 4.79 Å². The number of nitrogens with two attached hydrogens (primary N) is 1. The number of hydrogen-bond donors (Lipinski definition) is 1. The molecule has 2 rings (SSSR count). The third-order valence-electron chi connectivity index (χ3n) is 3.75. The van der Waals surface area contributed by atoms with Crippen molar-refractivity contribution in [1.29, 1.82) is 0 Å². The van der Waals surface area contributed by atoms with Crippen LogP contribution >= 0.6 is 0 Å². The van der Waals surface area contributed by atoms with E-state index in [0.29, 0.717) is 24.3 Å². The van der Waals surface area contributed by atoms with Crippen LogP contribution in [0.15, 0.2) is 21.3 Å². The molecule has 0 saturated heterocycles. The molecule has 1 heterocycles. The van der Waals surface area contributed by atoms with Crippen LogP contribution in [0.5, 0.6) is 5.75 Å². The molecule has 4 nitrogen and oxygen atoms in total. The van der Waals surface area contributed by atoms with Gasteiger partial charge in [-0.3, -0.25) is 0 Å². The maximum Gasteiger partial charge on any atom is 0.339 e. The van der Waals surface area contributed by atoms with E-state index in [0.717, 1.165) is 22.3 Å². The number of benzene rings is 1. The summed E-state index contributed by atoms with van der Waals surface area (Å²) in [6.07, 6.45) is 0. The zero-order valence-electron chi connectivity index (χ0n) is 12.4. The number of ether oxygens (including phenoxy) is 1. The molecule has 0 radical (unpaired) electrons. The van der Waals surface area contributed by atoms with Crippen molar-refractivity contribution >= 4 is 11.0 Å². The molecule has 1 atom stereocenters. The van der Waals surface area contributed by atoms with Crippen LogP contribution in [0.4, 0.5) is 0 Å². The topological polar surface area (TPSA) is 65.5 Å². The fraction of sp³-hybridized carbons (Fsp3) is 0.438. The lowest BCUT2D eigenvalue weighted by Crippen LogP contribution is -2.18. The molecule has 1 aromatic heterocycles. The van der Waals surface area contributed by atoms with Gasteiger partial charge in [0.05, 0.1) is 6.61 Å². The Morgan fingerprint density at radius 3 is 2.55 bits per heavy atom. The van der Waals surface area contributed by atoms with Crippen LogP contribution in [-0.4, -0.2) is 13.2 Å². The van der Waals surface area contributed by atoms with Crippen LogP contribution in [-0.2, 0) is 0 Å². The summed E-state index contributed by atoms with van der Waals surface area (Å²) in [6, 6.07) is 3.86. The molecule has 0 aliphatic heterocycles. The Bertz CT molecular complexity index is 688. The first-order chi connectivity index (χ1) is 9.45. The molecule has 0 fully saturated rings. The van der Waals surface area contributed by atoms with Gasteiger partial charge in [-0.05, 0) is 45.0 Å². The summed E-state index contributed by atoms with van der Waals surface area (Å²) in [7, 11) is 0. The summed E-state index contributed by atoms with van der Waals surface area (Å²) in [4.78, 5) is 11.8. The average molecular weight is 275 g/mol. The fourth-order valence-corrected chi connectivity index (χ4v) is 2.08. The van der Waals surface area contributed by atoms with Crippen molar-refractivity contribution in [3.05, 3.63) is 39.2 Å². The molecule has 1 unspecified atom stereocenters. The molecular formula is C16H21NO3. The SMILES string of the molecule is Cc1c(C)c2ccc(OCC(C)CN)c(C)c2oc1=O. The Labute approximate surface area is 118 Å². The van der Waals surface area contributed by atoms with E-state index in [1.807, 2.05) is 32.9 Å². The highest BCUT2D eigenvalue weighted by Gasteiger charge is 2.13. The van der Waals surface area contributed by atoms with Crippen molar-refractivity contribution in [2.75, 3.05) is 13.2 Å². The zero-order chi connectivity index (χ0) is 14.9. The van der Waals surface area contributed by atoms with Gasteiger partial charge in [0.15, 0.2) is 0 Å². The van der Waals surface area contributed by atoms with Crippen LogP contribution in [0.2, 0.25) is 0 Å². The molecule has 0 aliphatic rings. The number of hydrogen-bond acceptors (Lipinski definition) is 4. The van der Waals surface area contributed by atoms with Crippen LogP contribution in [0.1, 0.15) is 23.6 Å². The lowest BCUT2D eigenvalue weighted by Gasteiger charge is -2.14. The summed E-state index contributed by atoms with van der Waals surface area (Å²) < 4.78 is 11.2. The van der Waals surface area contributed by atoms with Crippen molar-refractivity contribution in [3.63, 3.8) is 0 Å². The first-order valence-electron chi connectivity index (χ1n) is 6.82. The first kappa shape index (κ1) is 14.6. The molecule has 0 amide bonds. The smallest absolute Gasteiger partial charge is 0.339 e. The number of rotatable bonds is 4. The van der Waals surface area contributed by atoms with E-state index in [2.05, 4.69) is 0 Å². The van der Waals surface area contributed by atoms with E-state index in [-0.39, 0.29) is 11.5 Å². The minimum atomic E-state index is -0.287. The summed E-state index contributed by atoms with van der Waals surface area (Å²) in [5.41, 5.74) is 8.37. The Morgan fingerprint density at radius 1 is 1.20 bits per heavy atom. The van der Waals surface area contributed by atoms with Gasteiger partial charge in [-0.15, -0.1) is 0 Å². The molecule has 20 heavy (non-hydrogen) atoms. The lowest BCUT2D eigenvalue weighted by atomic mass is 10.0. The molecule has 1 aromatic carbocycles. The molecule has 0 bridgehead atoms. The van der Waals surface area contributed by atoms with Crippen LogP contribution < -0.4 is 16.1 Å². The summed E-state index contributed by atoms with van der Waals surface area (Å²) in [6.45, 7) is 8.79. The second-order valence-electron chi connectivity index (χ2n) is 5.36. The van der Waals surface area contributed by atoms with Crippen molar-refractivity contribution < 1.29 is 9.15 Å². The second-order valence-corrected chi connectivity index (χ2v) is 5.36. The minimum absolute atomic E-state index is 0.287. The maximum absolute atomic E-state index is 11.8. The molecule has 2 aromatic rings. The number of fused-ring (bicyclic) bond motifs is 1. The van der Waals surface area contributed by atoms with E-state index in [4.69, 9.17) is 14.9 Å². The average Bonchev–Trinajstić information content (AvgIpc) is 2.44. The first-order valence-corrected chi connectivity index (χ1v) is 6.82. The van der Waals surface area contributed by atoms with Crippen LogP contribution in [0, 0.1) is 26.7 Å². The maximum atomic E-state index is 11.8. The Morgan fingerprint density at radius 2 is 1.90 bits per heavy atom. The Kier molecular flexibility index (Phi) is 4.14. The standard InChI is InChI=1S/C16H21NO3/c1-9(7-17)8-19-14-6-5-13-10(2)11(3)16(18)20-15(13)12(14)4/h5-6,9H,7-8,17H2,1-4H3. The van der Waals surface area contributed by atoms with E-state index in [1.54, 1.807) is 6.92 Å². The van der Waals surface area contributed by atoms with Crippen LogP contribution in [0.3, 0.4) is 0 Å². The highest BCUT2D eigenvalue weighted by Crippen LogP contribution is 2.29. The van der Waals surface area contributed by atoms with Gasteiger partial charge in [0.25, 0.3) is 0 Å². The highest BCUT2D eigenvalue weighted by atomic mass is 16.5. The fourth-order valence-electron chi connectivity index (χ4n) is 2.08. The van der Waals surface area contributed by atoms with Gasteiger partial charge in [-0.2, -0.15) is 0 Å². The van der Waals surface area contributed by atoms with E-state index in [1.165, 1.54) is 0 Å². The largest absolute Gasteiger partial charge is 0.493 e. The van der Waals surface area contributed by atoms with Gasteiger partial charge in [-0.1, -0.05) is 6.92 Å². The predicted octanol–water partition coefficient (Wildman–Crippen LogP) is 2.69. The summed E-state index contributed by atoms with van der Waals surface area (Å²) in [5.74, 6) is 1.03. The van der Waals surface area contributed by atoms with Gasteiger partial charge in [-0.25, -0.2) is 4.79 Å². The zero-order valence-corrected chi connectivity index (χ0v) is 12.4. The third-order valence-corrected chi connectivity index (χ3v) is 3.75. The highest BCUT2D eigenvalue weighted by molar-refractivity contribution is 5.85. The van der Waals surface area contributed by atoms with Crippen molar-refractivity contribution in [1.82, 2.24) is 0 Å². The molecule has 0 spiro atoms. The molecule has 2 N–H and O–H groups in total. The normalized spacial score (nSPS) is 12.7. The quantitative estimate of drug-likeness (QED) is 0.871. The van der Waals surface area contributed by atoms with Gasteiger partial charge < -0.3 is 14.9 Å². The third kappa shape index (κ3) is 2.56. The Hall–Kier alpha value is -1.81. The van der Waals surface area contributed by atoms with Gasteiger partial charge in [0.1, 0.15) is 11.3 Å². The molecule has 0 aliphatic carbocycles.